The summed E-state index contributed by atoms with van der Waals surface area (Å²) in [5.41, 5.74) is 14.3. The second kappa shape index (κ2) is 13.8. The lowest BCUT2D eigenvalue weighted by Gasteiger charge is -2.24. The molecule has 0 bridgehead atoms. The number of benzene rings is 2. The van der Waals surface area contributed by atoms with E-state index in [9.17, 15) is 9.59 Å². The van der Waals surface area contributed by atoms with Crippen LogP contribution in [-0.2, 0) is 33.2 Å². The summed E-state index contributed by atoms with van der Waals surface area (Å²) >= 11 is 1.41. The zero-order valence-corrected chi connectivity index (χ0v) is 21.3. The molecule has 0 heterocycles. The van der Waals surface area contributed by atoms with Gasteiger partial charge in [0.25, 0.3) is 0 Å². The molecule has 0 aliphatic heterocycles. The summed E-state index contributed by atoms with van der Waals surface area (Å²) in [6.07, 6.45) is 0. The van der Waals surface area contributed by atoms with Gasteiger partial charge in [0.15, 0.2) is 0 Å². The molecule has 9 nitrogen and oxygen atoms in total. The predicted molar refractivity (Wildman–Crippen MR) is 141 cm³/mol. The first kappa shape index (κ1) is 28.3. The van der Waals surface area contributed by atoms with Gasteiger partial charge in [-0.1, -0.05) is 60.5 Å². The van der Waals surface area contributed by atoms with E-state index in [1.54, 1.807) is 24.3 Å². The number of hydrogen-bond donors (Lipinski definition) is 6. The number of nitrogens with two attached hydrogens (primary N) is 2. The summed E-state index contributed by atoms with van der Waals surface area (Å²) < 4.78 is 8.97. The third-order valence-electron chi connectivity index (χ3n) is 4.90. The highest BCUT2D eigenvalue weighted by Crippen LogP contribution is 2.13. The highest BCUT2D eigenvalue weighted by Gasteiger charge is 2.22. The van der Waals surface area contributed by atoms with E-state index in [-0.39, 0.29) is 30.8 Å². The van der Waals surface area contributed by atoms with Crippen molar-refractivity contribution in [3.63, 3.8) is 0 Å². The number of carbonyl (C=O) groups excluding carboxylic acids is 2. The minimum Gasteiger partial charge on any atom is -0.384 e. The van der Waals surface area contributed by atoms with Gasteiger partial charge in [0, 0.05) is 24.4 Å². The van der Waals surface area contributed by atoms with Crippen LogP contribution in [0, 0.1) is 5.41 Å². The molecule has 0 saturated carbocycles. The largest absolute Gasteiger partial charge is 0.384 e. The molecule has 0 spiro atoms. The Bertz CT molecular complexity index is 974. The fourth-order valence-corrected chi connectivity index (χ4v) is 3.67. The van der Waals surface area contributed by atoms with Crippen LogP contribution in [-0.4, -0.2) is 42.4 Å². The molecule has 2 rings (SSSR count). The van der Waals surface area contributed by atoms with Gasteiger partial charge in [0.2, 0.25) is 11.8 Å². The Morgan fingerprint density at radius 3 is 2.17 bits per heavy atom. The van der Waals surface area contributed by atoms with Crippen LogP contribution >= 0.6 is 11.9 Å². The molecule has 2 aromatic carbocycles. The molecule has 0 saturated heterocycles. The van der Waals surface area contributed by atoms with Crippen LogP contribution in [0.5, 0.6) is 0 Å². The van der Waals surface area contributed by atoms with E-state index < -0.39 is 11.6 Å². The zero-order chi connectivity index (χ0) is 25.8. The number of hydrogen-bond acceptors (Lipinski definition) is 7. The molecule has 0 aromatic heterocycles. The summed E-state index contributed by atoms with van der Waals surface area (Å²) in [5, 5.41) is 12.9. The van der Waals surface area contributed by atoms with E-state index >= 15 is 0 Å². The Morgan fingerprint density at radius 2 is 1.60 bits per heavy atom. The number of ether oxygens (including phenoxy) is 1. The van der Waals surface area contributed by atoms with E-state index in [0.717, 1.165) is 16.7 Å². The third-order valence-corrected chi connectivity index (χ3v) is 5.83. The molecule has 2 aromatic rings. The van der Waals surface area contributed by atoms with Gasteiger partial charge in [-0.15, -0.1) is 0 Å². The Balaban J connectivity index is 1.83. The molecule has 0 radical (unpaired) electrons. The average Bonchev–Trinajstić information content (AvgIpc) is 2.83. The van der Waals surface area contributed by atoms with E-state index in [0.29, 0.717) is 24.4 Å². The topological polar surface area (TPSA) is 155 Å². The molecule has 190 valence electrons. The van der Waals surface area contributed by atoms with Crippen molar-refractivity contribution in [2.24, 2.45) is 11.5 Å². The maximum absolute atomic E-state index is 12.8. The molecule has 10 heteroatoms. The molecule has 1 atom stereocenters. The van der Waals surface area contributed by atoms with Crippen molar-refractivity contribution >= 4 is 29.6 Å². The van der Waals surface area contributed by atoms with Crippen LogP contribution in [0.4, 0.5) is 0 Å². The molecule has 0 aliphatic carbocycles. The molecular weight excluding hydrogens is 464 g/mol. The summed E-state index contributed by atoms with van der Waals surface area (Å²) in [4.78, 5) is 25.0. The minimum atomic E-state index is -0.630. The van der Waals surface area contributed by atoms with Crippen molar-refractivity contribution in [1.82, 2.24) is 15.4 Å². The second-order valence-corrected chi connectivity index (χ2v) is 9.82. The SMILES string of the molecule is CC(C)(C)OC[C@@H](NSCc1ccc(CN)cc1)C(=O)NCC(=O)NCc1ccc(C(=N)N)cc1. The van der Waals surface area contributed by atoms with E-state index in [2.05, 4.69) is 15.4 Å². The highest BCUT2D eigenvalue weighted by atomic mass is 32.2. The molecule has 2 amide bonds. The normalized spacial score (nSPS) is 12.1. The van der Waals surface area contributed by atoms with Crippen molar-refractivity contribution in [3.8, 4) is 0 Å². The molecule has 8 N–H and O–H groups in total. The Morgan fingerprint density at radius 1 is 1.00 bits per heavy atom. The molecule has 0 aliphatic rings. The van der Waals surface area contributed by atoms with Crippen molar-refractivity contribution < 1.29 is 14.3 Å². The van der Waals surface area contributed by atoms with E-state index in [1.807, 2.05) is 45.0 Å². The molecule has 0 fully saturated rings. The van der Waals surface area contributed by atoms with Gasteiger partial charge in [-0.3, -0.25) is 15.0 Å². The summed E-state index contributed by atoms with van der Waals surface area (Å²) in [5.74, 6) is 0.0236. The maximum atomic E-state index is 12.8. The van der Waals surface area contributed by atoms with Gasteiger partial charge in [0.05, 0.1) is 18.8 Å². The number of carbonyl (C=O) groups is 2. The lowest BCUT2D eigenvalue weighted by Crippen LogP contribution is -2.48. The van der Waals surface area contributed by atoms with Crippen LogP contribution in [0.1, 0.15) is 43.0 Å². The lowest BCUT2D eigenvalue weighted by molar-refractivity contribution is -0.129. The average molecular weight is 501 g/mol. The Hall–Kier alpha value is -2.92. The third kappa shape index (κ3) is 10.9. The predicted octanol–water partition coefficient (Wildman–Crippen LogP) is 1.78. The van der Waals surface area contributed by atoms with Crippen LogP contribution < -0.4 is 26.8 Å². The maximum Gasteiger partial charge on any atom is 0.240 e. The summed E-state index contributed by atoms with van der Waals surface area (Å²) in [6.45, 7) is 6.58. The summed E-state index contributed by atoms with van der Waals surface area (Å²) in [6, 6.07) is 14.4. The number of amidine groups is 1. The van der Waals surface area contributed by atoms with Gasteiger partial charge in [-0.25, -0.2) is 4.72 Å². The van der Waals surface area contributed by atoms with Crippen LogP contribution in [0.3, 0.4) is 0 Å². The van der Waals surface area contributed by atoms with E-state index in [4.69, 9.17) is 21.6 Å². The van der Waals surface area contributed by atoms with Crippen LogP contribution in [0.2, 0.25) is 0 Å². The number of rotatable bonds is 13. The van der Waals surface area contributed by atoms with Gasteiger partial charge in [-0.05, 0) is 37.5 Å². The quantitative estimate of drug-likeness (QED) is 0.139. The minimum absolute atomic E-state index is 0.00966. The molecule has 0 unspecified atom stereocenters. The molecular formula is C25H36N6O3S. The Labute approximate surface area is 211 Å². The van der Waals surface area contributed by atoms with Gasteiger partial charge in [-0.2, -0.15) is 0 Å². The smallest absolute Gasteiger partial charge is 0.240 e. The first-order valence-corrected chi connectivity index (χ1v) is 12.3. The van der Waals surface area contributed by atoms with E-state index in [1.165, 1.54) is 11.9 Å². The van der Waals surface area contributed by atoms with Crippen molar-refractivity contribution in [2.75, 3.05) is 13.2 Å². The fraction of sp³-hybridized carbons (Fsp3) is 0.400. The van der Waals surface area contributed by atoms with Gasteiger partial charge >= 0.3 is 0 Å². The number of amides is 2. The van der Waals surface area contributed by atoms with Crippen molar-refractivity contribution in [1.29, 1.82) is 5.41 Å². The van der Waals surface area contributed by atoms with Crippen LogP contribution in [0.25, 0.3) is 0 Å². The lowest BCUT2D eigenvalue weighted by atomic mass is 10.1. The number of nitrogens with one attached hydrogen (secondary N) is 4. The monoisotopic (exact) mass is 500 g/mol. The summed E-state index contributed by atoms with van der Waals surface area (Å²) in [7, 11) is 0. The first-order valence-electron chi connectivity index (χ1n) is 11.3. The van der Waals surface area contributed by atoms with Gasteiger partial charge < -0.3 is 26.8 Å². The zero-order valence-electron chi connectivity index (χ0n) is 20.5. The standard InChI is InChI=1S/C25H36N6O3S/c1-25(2,3)34-15-21(31-35-16-19-6-4-17(12-26)5-7-19)24(33)30-14-22(32)29-13-18-8-10-20(11-9-18)23(27)28/h4-11,21,31H,12-16,26H2,1-3H3,(H3,27,28)(H,29,32)(H,30,33)/t21-/m1/s1. The van der Waals surface area contributed by atoms with Crippen LogP contribution in [0.15, 0.2) is 48.5 Å². The van der Waals surface area contributed by atoms with Crippen molar-refractivity contribution in [2.45, 2.75) is 51.3 Å². The highest BCUT2D eigenvalue weighted by molar-refractivity contribution is 7.96. The fourth-order valence-electron chi connectivity index (χ4n) is 2.85. The van der Waals surface area contributed by atoms with Crippen molar-refractivity contribution in [3.05, 3.63) is 70.8 Å². The first-order chi connectivity index (χ1) is 16.6. The number of nitrogen functional groups attached to an aromatic ring is 1. The Kier molecular flexibility index (Phi) is 11.2. The second-order valence-electron chi connectivity index (χ2n) is 9.01. The van der Waals surface area contributed by atoms with Gasteiger partial charge in [0.1, 0.15) is 11.9 Å². The molecule has 35 heavy (non-hydrogen) atoms.